The first-order chi connectivity index (χ1) is 16.5. The molecule has 0 N–H and O–H groups in total. The lowest BCUT2D eigenvalue weighted by Gasteiger charge is -2.27. The van der Waals surface area contributed by atoms with Gasteiger partial charge in [0, 0.05) is 30.7 Å². The second-order valence-electron chi connectivity index (χ2n) is 10.3. The van der Waals surface area contributed by atoms with Crippen molar-refractivity contribution in [2.45, 2.75) is 46.4 Å². The first-order valence-electron chi connectivity index (χ1n) is 12.5. The molecule has 5 aromatic rings. The number of nitrogens with zero attached hydrogens (tertiary/aromatic N) is 1. The molecule has 0 aliphatic rings. The van der Waals surface area contributed by atoms with Crippen molar-refractivity contribution in [3.05, 3.63) is 102 Å². The van der Waals surface area contributed by atoms with Gasteiger partial charge in [0.05, 0.1) is 5.69 Å². The van der Waals surface area contributed by atoms with Crippen molar-refractivity contribution in [3.63, 3.8) is 0 Å². The molecule has 0 spiro atoms. The predicted octanol–water partition coefficient (Wildman–Crippen LogP) is 8.56. The third-order valence-corrected chi connectivity index (χ3v) is 6.24. The molecule has 0 unspecified atom stereocenters. The Kier molecular flexibility index (Phi) is 4.56. The Morgan fingerprint density at radius 1 is 0.818 bits per heavy atom. The molecule has 2 heteroatoms. The van der Waals surface area contributed by atoms with E-state index in [2.05, 4.69) is 61.3 Å². The summed E-state index contributed by atoms with van der Waals surface area (Å²) in [6.45, 7) is 10.3. The summed E-state index contributed by atoms with van der Waals surface area (Å²) in [5.41, 5.74) is 5.75. The summed E-state index contributed by atoms with van der Waals surface area (Å²) in [6.07, 6.45) is 0.222. The zero-order chi connectivity index (χ0) is 25.0. The van der Waals surface area contributed by atoms with Gasteiger partial charge in [-0.25, -0.2) is 0 Å². The van der Waals surface area contributed by atoms with Crippen molar-refractivity contribution in [1.29, 1.82) is 0 Å². The van der Waals surface area contributed by atoms with Gasteiger partial charge in [-0.15, -0.1) is 0 Å². The van der Waals surface area contributed by atoms with Crippen LogP contribution in [0.25, 0.3) is 33.2 Å². The number of pyridine rings is 1. The lowest BCUT2D eigenvalue weighted by molar-refractivity contribution is 0.411. The van der Waals surface area contributed by atoms with Crippen LogP contribution in [-0.2, 0) is 11.8 Å². The maximum atomic E-state index is 8.69. The van der Waals surface area contributed by atoms with E-state index in [0.717, 1.165) is 33.2 Å². The van der Waals surface area contributed by atoms with Crippen LogP contribution < -0.4 is 0 Å². The third kappa shape index (κ3) is 4.06. The first kappa shape index (κ1) is 19.1. The predicted molar refractivity (Wildman–Crippen MR) is 139 cm³/mol. The molecule has 3 aromatic carbocycles. The van der Waals surface area contributed by atoms with Crippen LogP contribution in [0.1, 0.15) is 54.1 Å². The van der Waals surface area contributed by atoms with Crippen LogP contribution in [0.4, 0.5) is 0 Å². The number of furan rings is 1. The monoisotopic (exact) mass is 435 g/mol. The Balaban J connectivity index is 1.69. The van der Waals surface area contributed by atoms with Gasteiger partial charge in [0.1, 0.15) is 11.2 Å². The van der Waals surface area contributed by atoms with E-state index < -0.39 is 11.8 Å². The Morgan fingerprint density at radius 3 is 2.36 bits per heavy atom. The van der Waals surface area contributed by atoms with Crippen LogP contribution in [0.5, 0.6) is 0 Å². The second kappa shape index (κ2) is 7.88. The zero-order valence-electron chi connectivity index (χ0n) is 21.9. The maximum absolute atomic E-state index is 8.69. The molecule has 0 aliphatic carbocycles. The molecule has 166 valence electrons. The minimum atomic E-state index is -1.48. The number of hydrogen-bond acceptors (Lipinski definition) is 2. The third-order valence-electron chi connectivity index (χ3n) is 6.24. The van der Waals surface area contributed by atoms with Crippen molar-refractivity contribution in [3.8, 4) is 11.3 Å². The highest BCUT2D eigenvalue weighted by atomic mass is 16.3. The van der Waals surface area contributed by atoms with E-state index in [1.807, 2.05) is 51.1 Å². The van der Waals surface area contributed by atoms with E-state index in [0.29, 0.717) is 5.56 Å². The van der Waals surface area contributed by atoms with E-state index in [1.54, 1.807) is 12.3 Å². The molecule has 2 nitrogen and oxygen atoms in total. The Labute approximate surface area is 199 Å². The van der Waals surface area contributed by atoms with Crippen LogP contribution in [0.2, 0.25) is 0 Å². The van der Waals surface area contributed by atoms with Gasteiger partial charge in [-0.3, -0.25) is 4.98 Å². The minimum absolute atomic E-state index is 0.214. The maximum Gasteiger partial charge on any atom is 0.135 e. The van der Waals surface area contributed by atoms with Crippen LogP contribution in [-0.4, -0.2) is 4.98 Å². The van der Waals surface area contributed by atoms with E-state index in [9.17, 15) is 0 Å². The standard InChI is InChI=1S/C31H31NO/c1-30(2,3)20-21-16-17-32-26(18-21)22-14-15-27-24(19-22)29-25(12-9-13-28(29)33-27)31(4,5)23-10-7-6-8-11-23/h6-19H,20H2,1-5H3/i20D2. The molecule has 5 rings (SSSR count). The fraction of sp³-hybridized carbons (Fsp3) is 0.258. The highest BCUT2D eigenvalue weighted by molar-refractivity contribution is 6.08. The van der Waals surface area contributed by atoms with E-state index in [1.165, 1.54) is 11.1 Å². The Hall–Kier alpha value is -3.39. The molecular formula is C31H31NO. The number of rotatable bonds is 4. The average Bonchev–Trinajstić information content (AvgIpc) is 3.22. The molecule has 0 radical (unpaired) electrons. The Bertz CT molecular complexity index is 1520. The van der Waals surface area contributed by atoms with Crippen molar-refractivity contribution in [2.24, 2.45) is 5.41 Å². The SMILES string of the molecule is [2H]C([2H])(c1ccnc(-c2ccc3oc4cccc(C(C)(C)c5ccccc5)c4c3c2)c1)C(C)(C)C. The van der Waals surface area contributed by atoms with Crippen molar-refractivity contribution < 1.29 is 7.16 Å². The molecule has 0 fully saturated rings. The van der Waals surface area contributed by atoms with Crippen LogP contribution in [0, 0.1) is 5.41 Å². The van der Waals surface area contributed by atoms with Gasteiger partial charge in [0.15, 0.2) is 0 Å². The molecule has 0 atom stereocenters. The summed E-state index contributed by atoms with van der Waals surface area (Å²) >= 11 is 0. The van der Waals surface area contributed by atoms with Crippen LogP contribution in [0.15, 0.2) is 89.5 Å². The fourth-order valence-electron chi connectivity index (χ4n) is 4.62. The average molecular weight is 436 g/mol. The van der Waals surface area contributed by atoms with Gasteiger partial charge in [0.25, 0.3) is 0 Å². The molecule has 0 amide bonds. The van der Waals surface area contributed by atoms with Gasteiger partial charge >= 0.3 is 0 Å². The van der Waals surface area contributed by atoms with Gasteiger partial charge in [0.2, 0.25) is 0 Å². The van der Waals surface area contributed by atoms with Gasteiger partial charge in [-0.05, 0) is 64.9 Å². The van der Waals surface area contributed by atoms with E-state index in [-0.39, 0.29) is 5.41 Å². The topological polar surface area (TPSA) is 26.0 Å². The number of aromatic nitrogens is 1. The molecular weight excluding hydrogens is 402 g/mol. The number of benzene rings is 3. The normalized spacial score (nSPS) is 13.8. The highest BCUT2D eigenvalue weighted by Gasteiger charge is 2.27. The molecule has 0 aliphatic heterocycles. The quantitative estimate of drug-likeness (QED) is 0.282. The number of fused-ring (bicyclic) bond motifs is 3. The molecule has 33 heavy (non-hydrogen) atoms. The van der Waals surface area contributed by atoms with E-state index >= 15 is 0 Å². The lowest BCUT2D eigenvalue weighted by atomic mass is 9.76. The lowest BCUT2D eigenvalue weighted by Crippen LogP contribution is -2.19. The van der Waals surface area contributed by atoms with Crippen molar-refractivity contribution in [1.82, 2.24) is 4.98 Å². The molecule has 0 saturated carbocycles. The minimum Gasteiger partial charge on any atom is -0.456 e. The van der Waals surface area contributed by atoms with Gasteiger partial charge < -0.3 is 4.42 Å². The molecule has 2 aromatic heterocycles. The summed E-state index contributed by atoms with van der Waals surface area (Å²) in [6, 6.07) is 26.6. The summed E-state index contributed by atoms with van der Waals surface area (Å²) in [7, 11) is 0. The molecule has 0 saturated heterocycles. The second-order valence-corrected chi connectivity index (χ2v) is 10.3. The fourth-order valence-corrected chi connectivity index (χ4v) is 4.62. The molecule has 0 bridgehead atoms. The molecule has 2 heterocycles. The van der Waals surface area contributed by atoms with Crippen molar-refractivity contribution >= 4 is 21.9 Å². The van der Waals surface area contributed by atoms with Crippen LogP contribution in [0.3, 0.4) is 0 Å². The van der Waals surface area contributed by atoms with Gasteiger partial charge in [-0.2, -0.15) is 0 Å². The Morgan fingerprint density at radius 2 is 1.61 bits per heavy atom. The summed E-state index contributed by atoms with van der Waals surface area (Å²) in [4.78, 5) is 4.60. The zero-order valence-corrected chi connectivity index (χ0v) is 19.9. The smallest absolute Gasteiger partial charge is 0.135 e. The van der Waals surface area contributed by atoms with Crippen LogP contribution >= 0.6 is 0 Å². The number of hydrogen-bond donors (Lipinski definition) is 0. The van der Waals surface area contributed by atoms with E-state index in [4.69, 9.17) is 7.16 Å². The first-order valence-corrected chi connectivity index (χ1v) is 11.5. The largest absolute Gasteiger partial charge is 0.456 e. The summed E-state index contributed by atoms with van der Waals surface area (Å²) in [5, 5.41) is 2.16. The highest BCUT2D eigenvalue weighted by Crippen LogP contribution is 2.41. The van der Waals surface area contributed by atoms with Crippen molar-refractivity contribution in [2.75, 3.05) is 0 Å². The van der Waals surface area contributed by atoms with Gasteiger partial charge in [-0.1, -0.05) is 77.1 Å². The summed E-state index contributed by atoms with van der Waals surface area (Å²) < 4.78 is 23.6. The summed E-state index contributed by atoms with van der Waals surface area (Å²) in [5.74, 6) is 0.